The smallest absolute Gasteiger partial charge is 0.342 e. The first-order chi connectivity index (χ1) is 13.5. The van der Waals surface area contributed by atoms with Crippen LogP contribution in [0, 0.1) is 6.92 Å². The first-order valence-corrected chi connectivity index (χ1v) is 9.37. The average Bonchev–Trinajstić information content (AvgIpc) is 2.71. The van der Waals surface area contributed by atoms with Gasteiger partial charge in [-0.1, -0.05) is 36.4 Å². The summed E-state index contributed by atoms with van der Waals surface area (Å²) in [7, 11) is 0. The molecule has 2 aromatic carbocycles. The summed E-state index contributed by atoms with van der Waals surface area (Å²) in [6, 6.07) is 14.8. The minimum atomic E-state index is -0.574. The summed E-state index contributed by atoms with van der Waals surface area (Å²) in [4.78, 5) is 26.4. The molecule has 1 amide bonds. The SMILES string of the molecule is Cc1ccccc1COc1ccccc1C(=O)OCC(=O)N1CCOC(C)C1. The Morgan fingerprint density at radius 1 is 1.14 bits per heavy atom. The second-order valence-corrected chi connectivity index (χ2v) is 6.81. The molecule has 0 aliphatic carbocycles. The van der Waals surface area contributed by atoms with E-state index in [1.54, 1.807) is 29.2 Å². The number of aryl methyl sites for hydroxylation is 1. The molecule has 0 bridgehead atoms. The fourth-order valence-electron chi connectivity index (χ4n) is 3.03. The van der Waals surface area contributed by atoms with Crippen LogP contribution in [0.3, 0.4) is 0 Å². The molecule has 3 rings (SSSR count). The van der Waals surface area contributed by atoms with E-state index in [1.165, 1.54) is 0 Å². The Kier molecular flexibility index (Phi) is 6.66. The monoisotopic (exact) mass is 383 g/mol. The van der Waals surface area contributed by atoms with Gasteiger partial charge in [0.2, 0.25) is 0 Å². The van der Waals surface area contributed by atoms with Gasteiger partial charge < -0.3 is 19.1 Å². The number of ether oxygens (including phenoxy) is 3. The first-order valence-electron chi connectivity index (χ1n) is 9.37. The second-order valence-electron chi connectivity index (χ2n) is 6.81. The van der Waals surface area contributed by atoms with Gasteiger partial charge in [-0.25, -0.2) is 4.79 Å². The van der Waals surface area contributed by atoms with Crippen molar-refractivity contribution in [3.63, 3.8) is 0 Å². The zero-order valence-electron chi connectivity index (χ0n) is 16.2. The molecule has 148 valence electrons. The number of benzene rings is 2. The molecule has 0 N–H and O–H groups in total. The van der Waals surface area contributed by atoms with Crippen LogP contribution in [0.2, 0.25) is 0 Å². The van der Waals surface area contributed by atoms with Crippen molar-refractivity contribution in [2.75, 3.05) is 26.3 Å². The predicted octanol–water partition coefficient (Wildman–Crippen LogP) is 2.98. The molecular weight excluding hydrogens is 358 g/mol. The molecule has 1 aliphatic heterocycles. The number of nitrogens with zero attached hydrogens (tertiary/aromatic N) is 1. The fourth-order valence-corrected chi connectivity index (χ4v) is 3.03. The van der Waals surface area contributed by atoms with E-state index in [4.69, 9.17) is 14.2 Å². The number of carbonyl (C=O) groups excluding carboxylic acids is 2. The molecule has 1 saturated heterocycles. The quantitative estimate of drug-likeness (QED) is 0.718. The lowest BCUT2D eigenvalue weighted by atomic mass is 10.1. The topological polar surface area (TPSA) is 65.1 Å². The van der Waals surface area contributed by atoms with Crippen molar-refractivity contribution in [1.29, 1.82) is 0 Å². The van der Waals surface area contributed by atoms with Gasteiger partial charge in [-0.05, 0) is 37.1 Å². The van der Waals surface area contributed by atoms with E-state index in [0.717, 1.165) is 11.1 Å². The Hall–Kier alpha value is -2.86. The molecule has 0 saturated carbocycles. The summed E-state index contributed by atoms with van der Waals surface area (Å²) < 4.78 is 16.5. The van der Waals surface area contributed by atoms with Crippen molar-refractivity contribution in [3.05, 3.63) is 65.2 Å². The Bertz CT molecular complexity index is 835. The number of carbonyl (C=O) groups is 2. The predicted molar refractivity (Wildman–Crippen MR) is 104 cm³/mol. The molecule has 28 heavy (non-hydrogen) atoms. The lowest BCUT2D eigenvalue weighted by Crippen LogP contribution is -2.46. The molecule has 1 fully saturated rings. The van der Waals surface area contributed by atoms with Crippen molar-refractivity contribution >= 4 is 11.9 Å². The molecule has 1 atom stereocenters. The molecule has 1 heterocycles. The van der Waals surface area contributed by atoms with E-state index in [2.05, 4.69) is 0 Å². The number of hydrogen-bond donors (Lipinski definition) is 0. The minimum Gasteiger partial charge on any atom is -0.488 e. The van der Waals surface area contributed by atoms with Crippen LogP contribution in [0.1, 0.15) is 28.4 Å². The van der Waals surface area contributed by atoms with Crippen LogP contribution in [0.5, 0.6) is 5.75 Å². The molecule has 6 nitrogen and oxygen atoms in total. The third-order valence-corrected chi connectivity index (χ3v) is 4.67. The molecule has 0 spiro atoms. The summed E-state index contributed by atoms with van der Waals surface area (Å²) in [6.07, 6.45) is -0.0102. The van der Waals surface area contributed by atoms with E-state index >= 15 is 0 Å². The van der Waals surface area contributed by atoms with Gasteiger partial charge in [0.05, 0.1) is 12.7 Å². The Labute approximate surface area is 165 Å². The minimum absolute atomic E-state index is 0.0102. The highest BCUT2D eigenvalue weighted by atomic mass is 16.5. The average molecular weight is 383 g/mol. The van der Waals surface area contributed by atoms with Gasteiger partial charge in [0, 0.05) is 13.1 Å². The maximum atomic E-state index is 12.5. The standard InChI is InChI=1S/C22H25NO5/c1-16-7-3-4-8-18(16)14-27-20-10-6-5-9-19(20)22(25)28-15-21(24)23-11-12-26-17(2)13-23/h3-10,17H,11-15H2,1-2H3. The normalized spacial score (nSPS) is 16.5. The fraction of sp³-hybridized carbons (Fsp3) is 0.364. The lowest BCUT2D eigenvalue weighted by molar-refractivity contribution is -0.141. The van der Waals surface area contributed by atoms with Crippen LogP contribution in [0.4, 0.5) is 0 Å². The van der Waals surface area contributed by atoms with Crippen LogP contribution < -0.4 is 4.74 Å². The van der Waals surface area contributed by atoms with Crippen molar-refractivity contribution in [1.82, 2.24) is 4.90 Å². The van der Waals surface area contributed by atoms with E-state index < -0.39 is 5.97 Å². The third kappa shape index (κ3) is 5.10. The van der Waals surface area contributed by atoms with Crippen molar-refractivity contribution < 1.29 is 23.8 Å². The van der Waals surface area contributed by atoms with Gasteiger partial charge >= 0.3 is 5.97 Å². The maximum absolute atomic E-state index is 12.5. The third-order valence-electron chi connectivity index (χ3n) is 4.67. The van der Waals surface area contributed by atoms with E-state index in [0.29, 0.717) is 37.6 Å². The van der Waals surface area contributed by atoms with Gasteiger partial charge in [-0.2, -0.15) is 0 Å². The van der Waals surface area contributed by atoms with Crippen LogP contribution in [0.25, 0.3) is 0 Å². The van der Waals surface area contributed by atoms with Crippen LogP contribution >= 0.6 is 0 Å². The number of morpholine rings is 1. The molecule has 0 aromatic heterocycles. The molecular formula is C22H25NO5. The number of rotatable bonds is 6. The number of amides is 1. The molecule has 1 aliphatic rings. The van der Waals surface area contributed by atoms with Gasteiger partial charge in [0.1, 0.15) is 17.9 Å². The van der Waals surface area contributed by atoms with Gasteiger partial charge in [-0.15, -0.1) is 0 Å². The van der Waals surface area contributed by atoms with Crippen LogP contribution in [-0.4, -0.2) is 49.2 Å². The zero-order chi connectivity index (χ0) is 19.9. The van der Waals surface area contributed by atoms with Crippen molar-refractivity contribution in [3.8, 4) is 5.75 Å². The summed E-state index contributed by atoms with van der Waals surface area (Å²) >= 11 is 0. The summed E-state index contributed by atoms with van der Waals surface area (Å²) in [5.74, 6) is -0.361. The first kappa shape index (κ1) is 19.9. The molecule has 6 heteroatoms. The maximum Gasteiger partial charge on any atom is 0.342 e. The molecule has 1 unspecified atom stereocenters. The largest absolute Gasteiger partial charge is 0.488 e. The van der Waals surface area contributed by atoms with Gasteiger partial charge in [-0.3, -0.25) is 4.79 Å². The van der Waals surface area contributed by atoms with E-state index in [-0.39, 0.29) is 18.6 Å². The van der Waals surface area contributed by atoms with E-state index in [1.807, 2.05) is 38.1 Å². The summed E-state index contributed by atoms with van der Waals surface area (Å²) in [5, 5.41) is 0. The van der Waals surface area contributed by atoms with Crippen molar-refractivity contribution in [2.24, 2.45) is 0 Å². The van der Waals surface area contributed by atoms with E-state index in [9.17, 15) is 9.59 Å². The molecule has 0 radical (unpaired) electrons. The number of esters is 1. The van der Waals surface area contributed by atoms with Gasteiger partial charge in [0.15, 0.2) is 6.61 Å². The zero-order valence-corrected chi connectivity index (χ0v) is 16.2. The number of para-hydroxylation sites is 1. The van der Waals surface area contributed by atoms with Crippen LogP contribution in [0.15, 0.2) is 48.5 Å². The number of hydrogen-bond acceptors (Lipinski definition) is 5. The second kappa shape index (κ2) is 9.37. The highest BCUT2D eigenvalue weighted by molar-refractivity contribution is 5.94. The van der Waals surface area contributed by atoms with Crippen molar-refractivity contribution in [2.45, 2.75) is 26.6 Å². The lowest BCUT2D eigenvalue weighted by Gasteiger charge is -2.30. The Balaban J connectivity index is 1.59. The highest BCUT2D eigenvalue weighted by Gasteiger charge is 2.23. The van der Waals surface area contributed by atoms with Gasteiger partial charge in [0.25, 0.3) is 5.91 Å². The Morgan fingerprint density at radius 3 is 2.68 bits per heavy atom. The van der Waals surface area contributed by atoms with Crippen LogP contribution in [-0.2, 0) is 20.9 Å². The summed E-state index contributed by atoms with van der Waals surface area (Å²) in [5.41, 5.74) is 2.47. The Morgan fingerprint density at radius 2 is 1.89 bits per heavy atom. The summed E-state index contributed by atoms with van der Waals surface area (Å²) in [6.45, 7) is 5.49. The molecule has 2 aromatic rings. The highest BCUT2D eigenvalue weighted by Crippen LogP contribution is 2.21.